The van der Waals surface area contributed by atoms with Crippen molar-refractivity contribution < 1.29 is 14.2 Å². The van der Waals surface area contributed by atoms with E-state index in [1.54, 1.807) is 4.57 Å². The zero-order chi connectivity index (χ0) is 14.7. The lowest BCUT2D eigenvalue weighted by atomic mass is 10.0. The molecule has 1 aromatic rings. The molecule has 1 aliphatic rings. The van der Waals surface area contributed by atoms with Gasteiger partial charge in [0.2, 0.25) is 0 Å². The van der Waals surface area contributed by atoms with Crippen LogP contribution in [-0.4, -0.2) is 28.4 Å². The molecule has 0 bridgehead atoms. The van der Waals surface area contributed by atoms with Crippen molar-refractivity contribution in [3.05, 3.63) is 44.5 Å². The number of hydrogen-bond acceptors (Lipinski definition) is 4. The second-order valence-corrected chi connectivity index (χ2v) is 4.72. The van der Waals surface area contributed by atoms with E-state index in [1.165, 1.54) is 19.3 Å². The van der Waals surface area contributed by atoms with Crippen molar-refractivity contribution in [2.45, 2.75) is 19.4 Å². The van der Waals surface area contributed by atoms with Crippen LogP contribution in [-0.2, 0) is 11.3 Å². The van der Waals surface area contributed by atoms with Gasteiger partial charge in [0, 0.05) is 31.0 Å². The van der Waals surface area contributed by atoms with Crippen molar-refractivity contribution >= 4 is 17.8 Å². The fourth-order valence-corrected chi connectivity index (χ4v) is 2.46. The van der Waals surface area contributed by atoms with Crippen LogP contribution in [0, 0.1) is 4.77 Å². The quantitative estimate of drug-likeness (QED) is 0.833. The second kappa shape index (κ2) is 6.15. The molecule has 0 spiro atoms. The summed E-state index contributed by atoms with van der Waals surface area (Å²) in [5.41, 5.74) is 0.558. The molecule has 0 saturated heterocycles. The molecular formula is C13H15FN2O3S. The number of nitrogens with one attached hydrogen (secondary N) is 1. The molecule has 0 aromatic carbocycles. The Labute approximate surface area is 120 Å². The van der Waals surface area contributed by atoms with Gasteiger partial charge in [0.15, 0.2) is 4.77 Å². The lowest BCUT2D eigenvalue weighted by Gasteiger charge is -2.19. The summed E-state index contributed by atoms with van der Waals surface area (Å²) in [7, 11) is 1.50. The number of hydrogen-bond donors (Lipinski definition) is 2. The van der Waals surface area contributed by atoms with E-state index in [0.29, 0.717) is 23.4 Å². The minimum atomic E-state index is -0.374. The number of halogens is 1. The Morgan fingerprint density at radius 3 is 2.95 bits per heavy atom. The predicted octanol–water partition coefficient (Wildman–Crippen LogP) is 1.90. The van der Waals surface area contributed by atoms with Crippen molar-refractivity contribution in [2.24, 2.45) is 0 Å². The fourth-order valence-electron chi connectivity index (χ4n) is 2.17. The highest BCUT2D eigenvalue weighted by molar-refractivity contribution is 7.71. The summed E-state index contributed by atoms with van der Waals surface area (Å²) in [6, 6.07) is 1.33. The molecule has 0 amide bonds. The second-order valence-electron chi connectivity index (χ2n) is 4.33. The van der Waals surface area contributed by atoms with Crippen molar-refractivity contribution in [2.75, 3.05) is 13.7 Å². The van der Waals surface area contributed by atoms with Crippen LogP contribution in [0.25, 0.3) is 5.57 Å². The van der Waals surface area contributed by atoms with E-state index in [4.69, 9.17) is 22.1 Å². The minimum absolute atomic E-state index is 0.144. The zero-order valence-electron chi connectivity index (χ0n) is 11.0. The maximum Gasteiger partial charge on any atom is 0.252 e. The van der Waals surface area contributed by atoms with Gasteiger partial charge in [-0.3, -0.25) is 9.78 Å². The maximum atomic E-state index is 13.5. The first kappa shape index (κ1) is 14.7. The lowest BCUT2D eigenvalue weighted by molar-refractivity contribution is 0.270. The number of aliphatic hydroxyl groups excluding tert-OH is 1. The molecule has 0 fully saturated rings. The smallest absolute Gasteiger partial charge is 0.252 e. The average Bonchev–Trinajstić information content (AvgIpc) is 2.41. The molecule has 0 aliphatic heterocycles. The van der Waals surface area contributed by atoms with Gasteiger partial charge in [-0.1, -0.05) is 0 Å². The van der Waals surface area contributed by atoms with Gasteiger partial charge < -0.3 is 14.4 Å². The summed E-state index contributed by atoms with van der Waals surface area (Å²) in [5.74, 6) is 0.320. The Morgan fingerprint density at radius 2 is 2.30 bits per heavy atom. The number of methoxy groups -OCH3 is 1. The van der Waals surface area contributed by atoms with Gasteiger partial charge in [-0.25, -0.2) is 4.39 Å². The first-order valence-electron chi connectivity index (χ1n) is 6.15. The SMILES string of the molecule is COC1=C(c2cc(=O)[nH]c(=S)n2CCO)C=C(F)CC1. The Balaban J connectivity index is 2.70. The summed E-state index contributed by atoms with van der Waals surface area (Å²) in [5, 5.41) is 9.12. The van der Waals surface area contributed by atoms with Crippen LogP contribution in [0.2, 0.25) is 0 Å². The number of aromatic nitrogens is 2. The fraction of sp³-hybridized carbons (Fsp3) is 0.385. The molecule has 0 saturated carbocycles. The molecule has 2 rings (SSSR count). The Morgan fingerprint density at radius 1 is 1.55 bits per heavy atom. The summed E-state index contributed by atoms with van der Waals surface area (Å²) < 4.78 is 20.6. The van der Waals surface area contributed by atoms with Crippen molar-refractivity contribution in [1.29, 1.82) is 0 Å². The van der Waals surface area contributed by atoms with Gasteiger partial charge in [-0.2, -0.15) is 0 Å². The maximum absolute atomic E-state index is 13.5. The van der Waals surface area contributed by atoms with Crippen LogP contribution in [0.4, 0.5) is 4.39 Å². The number of allylic oxidation sites excluding steroid dienone is 4. The highest BCUT2D eigenvalue weighted by Crippen LogP contribution is 2.31. The van der Waals surface area contributed by atoms with Crippen LogP contribution in [0.3, 0.4) is 0 Å². The Kier molecular flexibility index (Phi) is 4.51. The highest BCUT2D eigenvalue weighted by Gasteiger charge is 2.18. The molecule has 1 aliphatic carbocycles. The number of aromatic amines is 1. The number of nitrogens with zero attached hydrogens (tertiary/aromatic N) is 1. The van der Waals surface area contributed by atoms with E-state index in [2.05, 4.69) is 4.98 Å². The molecule has 1 aromatic heterocycles. The molecular weight excluding hydrogens is 283 g/mol. The number of ether oxygens (including phenoxy) is 1. The van der Waals surface area contributed by atoms with E-state index < -0.39 is 0 Å². The van der Waals surface area contributed by atoms with Crippen LogP contribution < -0.4 is 5.56 Å². The van der Waals surface area contributed by atoms with Crippen molar-refractivity contribution in [1.82, 2.24) is 9.55 Å². The molecule has 5 nitrogen and oxygen atoms in total. The first-order valence-corrected chi connectivity index (χ1v) is 6.56. The lowest BCUT2D eigenvalue weighted by Crippen LogP contribution is -2.19. The first-order chi connectivity index (χ1) is 9.56. The number of rotatable bonds is 4. The van der Waals surface area contributed by atoms with Gasteiger partial charge in [-0.05, 0) is 18.3 Å². The summed E-state index contributed by atoms with van der Waals surface area (Å²) >= 11 is 5.08. The predicted molar refractivity (Wildman–Crippen MR) is 75.3 cm³/mol. The van der Waals surface area contributed by atoms with Gasteiger partial charge in [0.25, 0.3) is 5.56 Å². The van der Waals surface area contributed by atoms with E-state index in [9.17, 15) is 9.18 Å². The molecule has 20 heavy (non-hydrogen) atoms. The summed E-state index contributed by atoms with van der Waals surface area (Å²) in [4.78, 5) is 14.1. The molecule has 0 unspecified atom stereocenters. The topological polar surface area (TPSA) is 67.2 Å². The molecule has 108 valence electrons. The normalized spacial score (nSPS) is 15.2. The van der Waals surface area contributed by atoms with Crippen LogP contribution >= 0.6 is 12.2 Å². The zero-order valence-corrected chi connectivity index (χ0v) is 11.8. The third kappa shape index (κ3) is 2.88. The Hall–Kier alpha value is -1.73. The van der Waals surface area contributed by atoms with Gasteiger partial charge >= 0.3 is 0 Å². The standard InChI is InChI=1S/C13H15FN2O3S/c1-19-11-3-2-8(14)6-9(11)10-7-12(18)15-13(20)16(10)4-5-17/h6-7,17H,2-5H2,1H3,(H,15,18,20). The Bertz CT molecular complexity index is 688. The summed E-state index contributed by atoms with van der Waals surface area (Å²) in [6.07, 6.45) is 2.04. The minimum Gasteiger partial charge on any atom is -0.500 e. The molecule has 7 heteroatoms. The number of aliphatic hydroxyl groups is 1. The van der Waals surface area contributed by atoms with E-state index >= 15 is 0 Å². The van der Waals surface area contributed by atoms with Crippen LogP contribution in [0.5, 0.6) is 0 Å². The average molecular weight is 298 g/mol. The van der Waals surface area contributed by atoms with Crippen LogP contribution in [0.15, 0.2) is 28.5 Å². The summed E-state index contributed by atoms with van der Waals surface area (Å²) in [6.45, 7) is 0.0655. The van der Waals surface area contributed by atoms with E-state index in [0.717, 1.165) is 0 Å². The highest BCUT2D eigenvalue weighted by atomic mass is 32.1. The van der Waals surface area contributed by atoms with E-state index in [1.807, 2.05) is 0 Å². The third-order valence-corrected chi connectivity index (χ3v) is 3.39. The van der Waals surface area contributed by atoms with Crippen molar-refractivity contribution in [3.8, 4) is 0 Å². The number of H-pyrrole nitrogens is 1. The molecule has 0 atom stereocenters. The van der Waals surface area contributed by atoms with Gasteiger partial charge in [-0.15, -0.1) is 0 Å². The largest absolute Gasteiger partial charge is 0.500 e. The van der Waals surface area contributed by atoms with E-state index in [-0.39, 0.29) is 35.7 Å². The molecule has 0 radical (unpaired) electrons. The van der Waals surface area contributed by atoms with Gasteiger partial charge in [0.05, 0.1) is 19.4 Å². The van der Waals surface area contributed by atoms with Crippen molar-refractivity contribution in [3.63, 3.8) is 0 Å². The third-order valence-electron chi connectivity index (χ3n) is 3.07. The monoisotopic (exact) mass is 298 g/mol. The molecule has 2 N–H and O–H groups in total. The van der Waals surface area contributed by atoms with Gasteiger partial charge in [0.1, 0.15) is 11.6 Å². The van der Waals surface area contributed by atoms with Crippen LogP contribution in [0.1, 0.15) is 18.5 Å². The molecule has 1 heterocycles.